The van der Waals surface area contributed by atoms with E-state index in [0.717, 1.165) is 0 Å². The molecule has 7 heteroatoms. The van der Waals surface area contributed by atoms with E-state index in [0.29, 0.717) is 21.3 Å². The number of halogens is 3. The molecule has 1 atom stereocenters. The van der Waals surface area contributed by atoms with Crippen LogP contribution in [0.3, 0.4) is 0 Å². The molecule has 0 fully saturated rings. The van der Waals surface area contributed by atoms with Gasteiger partial charge in [0.1, 0.15) is 17.7 Å². The van der Waals surface area contributed by atoms with Crippen molar-refractivity contribution in [2.24, 2.45) is 0 Å². The minimum absolute atomic E-state index is 0.0730. The number of alkyl halides is 1. The summed E-state index contributed by atoms with van der Waals surface area (Å²) in [6.07, 6.45) is 0. The lowest BCUT2D eigenvalue weighted by molar-refractivity contribution is -0.131. The van der Waals surface area contributed by atoms with E-state index in [9.17, 15) is 9.18 Å². The van der Waals surface area contributed by atoms with Crippen molar-refractivity contribution in [1.82, 2.24) is 14.5 Å². The molecular formula is C13H14BrClFN3O. The number of rotatable bonds is 3. The Hall–Kier alpha value is -1.14. The van der Waals surface area contributed by atoms with Gasteiger partial charge < -0.3 is 9.47 Å². The van der Waals surface area contributed by atoms with Gasteiger partial charge in [-0.3, -0.25) is 4.79 Å². The Morgan fingerprint density at radius 3 is 2.75 bits per heavy atom. The van der Waals surface area contributed by atoms with Crippen molar-refractivity contribution in [3.05, 3.63) is 28.2 Å². The molecule has 1 unspecified atom stereocenters. The molecule has 1 aromatic heterocycles. The molecular weight excluding hydrogens is 349 g/mol. The van der Waals surface area contributed by atoms with Gasteiger partial charge in [0, 0.05) is 20.2 Å². The van der Waals surface area contributed by atoms with Crippen molar-refractivity contribution in [3.8, 4) is 0 Å². The third kappa shape index (κ3) is 2.54. The molecule has 1 heterocycles. The van der Waals surface area contributed by atoms with Crippen molar-refractivity contribution >= 4 is 44.5 Å². The second kappa shape index (κ2) is 5.69. The van der Waals surface area contributed by atoms with Crippen LogP contribution in [0.2, 0.25) is 0 Å². The standard InChI is InChI=1S/C13H14BrClFN3O/c1-7(13(20)18(2)3)19-11-4-8(14)9(16)5-10(11)17-12(19)6-15/h4-5,7H,6H2,1-3H3. The fourth-order valence-corrected chi connectivity index (χ4v) is 2.67. The highest BCUT2D eigenvalue weighted by Crippen LogP contribution is 2.28. The molecule has 0 aliphatic heterocycles. The van der Waals surface area contributed by atoms with Crippen LogP contribution in [0, 0.1) is 5.82 Å². The lowest BCUT2D eigenvalue weighted by Crippen LogP contribution is -2.30. The van der Waals surface area contributed by atoms with E-state index >= 15 is 0 Å². The number of nitrogens with zero attached hydrogens (tertiary/aromatic N) is 3. The lowest BCUT2D eigenvalue weighted by Gasteiger charge is -2.20. The molecule has 20 heavy (non-hydrogen) atoms. The van der Waals surface area contributed by atoms with Gasteiger partial charge in [-0.25, -0.2) is 9.37 Å². The van der Waals surface area contributed by atoms with E-state index in [1.807, 2.05) is 0 Å². The molecule has 0 saturated carbocycles. The first kappa shape index (κ1) is 15.3. The molecule has 0 spiro atoms. The number of hydrogen-bond acceptors (Lipinski definition) is 2. The zero-order valence-corrected chi connectivity index (χ0v) is 13.7. The van der Waals surface area contributed by atoms with Crippen molar-refractivity contribution < 1.29 is 9.18 Å². The molecule has 0 aliphatic carbocycles. The highest BCUT2D eigenvalue weighted by Gasteiger charge is 2.23. The largest absolute Gasteiger partial charge is 0.347 e. The van der Waals surface area contributed by atoms with Crippen molar-refractivity contribution in [2.45, 2.75) is 18.8 Å². The molecule has 108 valence electrons. The fourth-order valence-electron chi connectivity index (χ4n) is 2.15. The van der Waals surface area contributed by atoms with Gasteiger partial charge in [0.25, 0.3) is 0 Å². The first-order valence-electron chi connectivity index (χ1n) is 5.99. The highest BCUT2D eigenvalue weighted by atomic mass is 79.9. The summed E-state index contributed by atoms with van der Waals surface area (Å²) in [5.41, 5.74) is 1.16. The number of imidazole rings is 1. The number of aromatic nitrogens is 2. The van der Waals surface area contributed by atoms with E-state index in [-0.39, 0.29) is 11.8 Å². The SMILES string of the molecule is CC(C(=O)N(C)C)n1c(CCl)nc2cc(F)c(Br)cc21. The summed E-state index contributed by atoms with van der Waals surface area (Å²) in [5.74, 6) is 0.228. The quantitative estimate of drug-likeness (QED) is 0.786. The Morgan fingerprint density at radius 2 is 2.20 bits per heavy atom. The summed E-state index contributed by atoms with van der Waals surface area (Å²) in [4.78, 5) is 18.0. The van der Waals surface area contributed by atoms with Crippen LogP contribution < -0.4 is 0 Å². The predicted molar refractivity (Wildman–Crippen MR) is 80.4 cm³/mol. The Labute approximate surface area is 129 Å². The molecule has 2 rings (SSSR count). The average molecular weight is 363 g/mol. The van der Waals surface area contributed by atoms with Crippen LogP contribution in [0.25, 0.3) is 11.0 Å². The number of amides is 1. The van der Waals surface area contributed by atoms with Gasteiger partial charge in [0.2, 0.25) is 5.91 Å². The number of carbonyl (C=O) groups is 1. The van der Waals surface area contributed by atoms with Crippen LogP contribution in [0.1, 0.15) is 18.8 Å². The van der Waals surface area contributed by atoms with Crippen LogP contribution in [-0.2, 0) is 10.7 Å². The minimum Gasteiger partial charge on any atom is -0.347 e. The van der Waals surface area contributed by atoms with E-state index in [1.54, 1.807) is 31.7 Å². The number of fused-ring (bicyclic) bond motifs is 1. The molecule has 1 aromatic carbocycles. The molecule has 2 aromatic rings. The number of hydrogen-bond donors (Lipinski definition) is 0. The van der Waals surface area contributed by atoms with Gasteiger partial charge in [-0.2, -0.15) is 0 Å². The maximum absolute atomic E-state index is 13.6. The van der Waals surface area contributed by atoms with Gasteiger partial charge in [0.05, 0.1) is 21.4 Å². The second-order valence-electron chi connectivity index (χ2n) is 4.70. The highest BCUT2D eigenvalue weighted by molar-refractivity contribution is 9.10. The van der Waals surface area contributed by atoms with Gasteiger partial charge in [-0.15, -0.1) is 11.6 Å². The summed E-state index contributed by atoms with van der Waals surface area (Å²) in [7, 11) is 3.38. The average Bonchev–Trinajstić information content (AvgIpc) is 2.75. The third-order valence-electron chi connectivity index (χ3n) is 3.11. The number of carbonyl (C=O) groups excluding carboxylic acids is 1. The first-order valence-corrected chi connectivity index (χ1v) is 7.32. The summed E-state index contributed by atoms with van der Waals surface area (Å²) in [6, 6.07) is 2.49. The molecule has 0 N–H and O–H groups in total. The summed E-state index contributed by atoms with van der Waals surface area (Å²) < 4.78 is 15.7. The first-order chi connectivity index (χ1) is 9.36. The van der Waals surface area contributed by atoms with Gasteiger partial charge in [-0.1, -0.05) is 0 Å². The van der Waals surface area contributed by atoms with Crippen LogP contribution in [0.5, 0.6) is 0 Å². The van der Waals surface area contributed by atoms with Crippen LogP contribution in [0.4, 0.5) is 4.39 Å². The molecule has 0 saturated heterocycles. The molecule has 0 bridgehead atoms. The van der Waals surface area contributed by atoms with Crippen LogP contribution >= 0.6 is 27.5 Å². The topological polar surface area (TPSA) is 38.1 Å². The Bertz CT molecular complexity index is 671. The van der Waals surface area contributed by atoms with E-state index in [2.05, 4.69) is 20.9 Å². The molecule has 0 aliphatic rings. The van der Waals surface area contributed by atoms with E-state index < -0.39 is 11.9 Å². The second-order valence-corrected chi connectivity index (χ2v) is 5.82. The molecule has 1 amide bonds. The summed E-state index contributed by atoms with van der Waals surface area (Å²) in [6.45, 7) is 1.77. The smallest absolute Gasteiger partial charge is 0.244 e. The molecule has 4 nitrogen and oxygen atoms in total. The minimum atomic E-state index is -0.457. The zero-order chi connectivity index (χ0) is 15.0. The Morgan fingerprint density at radius 1 is 1.55 bits per heavy atom. The van der Waals surface area contributed by atoms with Crippen molar-refractivity contribution in [1.29, 1.82) is 0 Å². The predicted octanol–water partition coefficient (Wildman–Crippen LogP) is 3.33. The van der Waals surface area contributed by atoms with E-state index in [4.69, 9.17) is 11.6 Å². The van der Waals surface area contributed by atoms with Crippen LogP contribution in [0.15, 0.2) is 16.6 Å². The fraction of sp³-hybridized carbons (Fsp3) is 0.385. The lowest BCUT2D eigenvalue weighted by atomic mass is 10.2. The third-order valence-corrected chi connectivity index (χ3v) is 3.96. The number of likely N-dealkylation sites (N-methyl/N-ethyl adjacent to an activating group) is 1. The Balaban J connectivity index is 2.67. The zero-order valence-electron chi connectivity index (χ0n) is 11.3. The number of benzene rings is 1. The monoisotopic (exact) mass is 361 g/mol. The summed E-state index contributed by atoms with van der Waals surface area (Å²) >= 11 is 9.05. The van der Waals surface area contributed by atoms with Gasteiger partial charge >= 0.3 is 0 Å². The van der Waals surface area contributed by atoms with Crippen LogP contribution in [-0.4, -0.2) is 34.5 Å². The van der Waals surface area contributed by atoms with Crippen molar-refractivity contribution in [3.63, 3.8) is 0 Å². The van der Waals surface area contributed by atoms with Gasteiger partial charge in [-0.05, 0) is 28.9 Å². The normalized spacial score (nSPS) is 12.7. The van der Waals surface area contributed by atoms with Crippen molar-refractivity contribution in [2.75, 3.05) is 14.1 Å². The van der Waals surface area contributed by atoms with E-state index in [1.165, 1.54) is 11.0 Å². The summed E-state index contributed by atoms with van der Waals surface area (Å²) in [5, 5.41) is 0. The maximum atomic E-state index is 13.6. The Kier molecular flexibility index (Phi) is 4.34. The van der Waals surface area contributed by atoms with Gasteiger partial charge in [0.15, 0.2) is 0 Å². The molecule has 0 radical (unpaired) electrons. The maximum Gasteiger partial charge on any atom is 0.244 e.